The van der Waals surface area contributed by atoms with Gasteiger partial charge in [-0.15, -0.1) is 0 Å². The third-order valence-electron chi connectivity index (χ3n) is 3.03. The van der Waals surface area contributed by atoms with Gasteiger partial charge in [-0.25, -0.2) is 9.13 Å². The van der Waals surface area contributed by atoms with Crippen molar-refractivity contribution in [1.82, 2.24) is 4.57 Å². The normalized spacial score (nSPS) is 28.2. The van der Waals surface area contributed by atoms with Gasteiger partial charge in [0.05, 0.1) is 7.05 Å². The number of hydrogen-bond donors (Lipinski definition) is 2. The number of carboxylic acids is 1. The number of aryl methyl sites for hydroxylation is 1. The Hall–Kier alpha value is -1.57. The Morgan fingerprint density at radius 2 is 2.24 bits per heavy atom. The van der Waals surface area contributed by atoms with Crippen molar-refractivity contribution < 1.29 is 32.7 Å². The largest absolute Gasteiger partial charge is 0.481 e. The number of fused-ring (bicyclic) bond motifs is 1. The first-order chi connectivity index (χ1) is 7.69. The topological polar surface area (TPSA) is 66.3 Å². The van der Waals surface area contributed by atoms with Crippen LogP contribution in [-0.4, -0.2) is 26.9 Å². The van der Waals surface area contributed by atoms with Crippen LogP contribution >= 0.6 is 0 Å². The first-order valence-corrected chi connectivity index (χ1v) is 4.76. The second kappa shape index (κ2) is 3.22. The minimum atomic E-state index is -5.04. The van der Waals surface area contributed by atoms with Crippen LogP contribution in [0.4, 0.5) is 13.2 Å². The molecule has 8 heteroatoms. The Kier molecular flexibility index (Phi) is 2.25. The van der Waals surface area contributed by atoms with E-state index in [-0.39, 0.29) is 0 Å². The van der Waals surface area contributed by atoms with Crippen molar-refractivity contribution in [2.45, 2.75) is 18.3 Å². The zero-order valence-corrected chi connectivity index (χ0v) is 8.77. The molecule has 2 atom stereocenters. The highest BCUT2D eigenvalue weighted by Gasteiger charge is 2.72. The molecule has 0 aromatic carbocycles. The molecule has 5 nitrogen and oxygen atoms in total. The predicted octanol–water partition coefficient (Wildman–Crippen LogP) is -0.223. The van der Waals surface area contributed by atoms with Crippen molar-refractivity contribution in [3.05, 3.63) is 18.2 Å². The molecule has 0 radical (unpaired) electrons. The van der Waals surface area contributed by atoms with E-state index in [4.69, 9.17) is 5.11 Å². The van der Waals surface area contributed by atoms with Gasteiger partial charge in [0.1, 0.15) is 24.9 Å². The van der Waals surface area contributed by atoms with Crippen LogP contribution in [0.15, 0.2) is 12.4 Å². The van der Waals surface area contributed by atoms with Crippen LogP contribution in [0.5, 0.6) is 0 Å². The number of aliphatic carboxylic acids is 1. The summed E-state index contributed by atoms with van der Waals surface area (Å²) in [6.45, 7) is -0.401. The smallest absolute Gasteiger partial charge is 0.430 e. The highest BCUT2D eigenvalue weighted by Crippen LogP contribution is 2.47. The molecule has 0 unspecified atom stereocenters. The third-order valence-corrected chi connectivity index (χ3v) is 3.03. The summed E-state index contributed by atoms with van der Waals surface area (Å²) in [5.74, 6) is -4.06. The fraction of sp³-hybridized carbons (Fsp3) is 0.556. The molecule has 2 N–H and O–H groups in total. The average Bonchev–Trinajstić information content (AvgIpc) is 2.66. The van der Waals surface area contributed by atoms with Gasteiger partial charge in [0.15, 0.2) is 0 Å². The van der Waals surface area contributed by atoms with Crippen LogP contribution < -0.4 is 4.57 Å². The number of nitrogens with zero attached hydrogens (tertiary/aromatic N) is 2. The van der Waals surface area contributed by atoms with Crippen molar-refractivity contribution in [2.24, 2.45) is 13.0 Å². The molecule has 1 aliphatic heterocycles. The SMILES string of the molecule is C[n+]1ccn2c1[C@](O)(C(F)(F)F)[C@H](C(=O)O)C2. The third kappa shape index (κ3) is 1.36. The molecule has 2 rings (SSSR count). The molecule has 1 aromatic rings. The van der Waals surface area contributed by atoms with E-state index >= 15 is 0 Å². The van der Waals surface area contributed by atoms with Gasteiger partial charge in [-0.05, 0) is 0 Å². The number of rotatable bonds is 1. The molecule has 0 amide bonds. The zero-order valence-electron chi connectivity index (χ0n) is 8.77. The molecule has 2 heterocycles. The molecule has 94 valence electrons. The molecule has 1 aliphatic rings. The maximum absolute atomic E-state index is 13.0. The Morgan fingerprint density at radius 1 is 1.65 bits per heavy atom. The quantitative estimate of drug-likeness (QED) is 0.678. The summed E-state index contributed by atoms with van der Waals surface area (Å²) in [7, 11) is 1.33. The summed E-state index contributed by atoms with van der Waals surface area (Å²) in [6.07, 6.45) is -2.39. The van der Waals surface area contributed by atoms with E-state index < -0.39 is 36.0 Å². The van der Waals surface area contributed by atoms with Crippen molar-refractivity contribution in [3.63, 3.8) is 0 Å². The van der Waals surface area contributed by atoms with Gasteiger partial charge >= 0.3 is 12.1 Å². The molecule has 0 aliphatic carbocycles. The lowest BCUT2D eigenvalue weighted by Crippen LogP contribution is -2.54. The van der Waals surface area contributed by atoms with Gasteiger partial charge in [-0.1, -0.05) is 0 Å². The fourth-order valence-electron chi connectivity index (χ4n) is 2.23. The average molecular weight is 251 g/mol. The van der Waals surface area contributed by atoms with Gasteiger partial charge in [0, 0.05) is 0 Å². The highest BCUT2D eigenvalue weighted by molar-refractivity contribution is 5.72. The zero-order chi connectivity index (χ0) is 13.0. The number of hydrogen-bond acceptors (Lipinski definition) is 2. The molecule has 0 bridgehead atoms. The van der Waals surface area contributed by atoms with E-state index in [1.807, 2.05) is 0 Å². The standard InChI is InChI=1S/C9H9F3N2O3/c1-13-2-3-14-4-5(6(15)16)8(17,7(13)14)9(10,11)12/h2-3,5,17H,4H2,1H3/p+1/t5-,8-/m0/s1. The summed E-state index contributed by atoms with van der Waals surface area (Å²) < 4.78 is 41.0. The van der Waals surface area contributed by atoms with E-state index in [9.17, 15) is 23.1 Å². The van der Waals surface area contributed by atoms with Crippen molar-refractivity contribution >= 4 is 5.97 Å². The molecule has 17 heavy (non-hydrogen) atoms. The van der Waals surface area contributed by atoms with E-state index in [1.54, 1.807) is 0 Å². The summed E-state index contributed by atoms with van der Waals surface area (Å²) >= 11 is 0. The maximum atomic E-state index is 13.0. The summed E-state index contributed by atoms with van der Waals surface area (Å²) in [6, 6.07) is 0. The monoisotopic (exact) mass is 251 g/mol. The van der Waals surface area contributed by atoms with Gasteiger partial charge in [0.25, 0.3) is 11.4 Å². The lowest BCUT2D eigenvalue weighted by Gasteiger charge is -2.26. The van der Waals surface area contributed by atoms with Crippen LogP contribution in [0, 0.1) is 5.92 Å². The van der Waals surface area contributed by atoms with Gasteiger partial charge in [0.2, 0.25) is 0 Å². The Bertz CT molecular complexity index is 482. The summed E-state index contributed by atoms with van der Waals surface area (Å²) in [4.78, 5) is 10.9. The second-order valence-electron chi connectivity index (χ2n) is 4.04. The Labute approximate surface area is 93.7 Å². The number of imidazole rings is 1. The minimum Gasteiger partial charge on any atom is -0.481 e. The van der Waals surface area contributed by atoms with E-state index in [0.717, 1.165) is 9.13 Å². The van der Waals surface area contributed by atoms with E-state index in [0.29, 0.717) is 0 Å². The highest BCUT2D eigenvalue weighted by atomic mass is 19.4. The van der Waals surface area contributed by atoms with Gasteiger partial charge in [-0.3, -0.25) is 4.79 Å². The number of halogens is 3. The van der Waals surface area contributed by atoms with Gasteiger partial charge < -0.3 is 10.2 Å². The van der Waals surface area contributed by atoms with Gasteiger partial charge in [-0.2, -0.15) is 13.2 Å². The molecule has 1 aromatic heterocycles. The molecule has 0 fully saturated rings. The van der Waals surface area contributed by atoms with E-state index in [1.165, 1.54) is 19.4 Å². The number of aromatic nitrogens is 2. The first-order valence-electron chi connectivity index (χ1n) is 4.76. The lowest BCUT2D eigenvalue weighted by molar-refractivity contribution is -0.688. The van der Waals surface area contributed by atoms with Crippen molar-refractivity contribution in [1.29, 1.82) is 0 Å². The fourth-order valence-corrected chi connectivity index (χ4v) is 2.23. The van der Waals surface area contributed by atoms with Crippen LogP contribution in [0.3, 0.4) is 0 Å². The maximum Gasteiger partial charge on any atom is 0.430 e. The number of aliphatic hydroxyl groups is 1. The van der Waals surface area contributed by atoms with E-state index in [2.05, 4.69) is 0 Å². The number of alkyl halides is 3. The van der Waals surface area contributed by atoms with Crippen LogP contribution in [0.25, 0.3) is 0 Å². The first kappa shape index (κ1) is 11.9. The summed E-state index contributed by atoms with van der Waals surface area (Å²) in [5.41, 5.74) is -3.35. The van der Waals surface area contributed by atoms with Crippen molar-refractivity contribution in [2.75, 3.05) is 0 Å². The molecule has 0 saturated heterocycles. The van der Waals surface area contributed by atoms with Crippen LogP contribution in [0.1, 0.15) is 5.82 Å². The van der Waals surface area contributed by atoms with Crippen LogP contribution in [-0.2, 0) is 24.0 Å². The summed E-state index contributed by atoms with van der Waals surface area (Å²) in [5, 5.41) is 18.6. The Morgan fingerprint density at radius 3 is 2.71 bits per heavy atom. The van der Waals surface area contributed by atoms with Crippen LogP contribution in [0.2, 0.25) is 0 Å². The minimum absolute atomic E-state index is 0.401. The molecular weight excluding hydrogens is 241 g/mol. The second-order valence-corrected chi connectivity index (χ2v) is 4.04. The predicted molar refractivity (Wildman–Crippen MR) is 46.7 cm³/mol. The van der Waals surface area contributed by atoms with Crippen molar-refractivity contribution in [3.8, 4) is 0 Å². The molecule has 0 spiro atoms. The number of carbonyl (C=O) groups is 1. The lowest BCUT2D eigenvalue weighted by atomic mass is 9.88. The number of carboxylic acid groups (broad SMARTS) is 1. The molecular formula is C9H10F3N2O3+. The Balaban J connectivity index is 2.65. The molecule has 0 saturated carbocycles.